The summed E-state index contributed by atoms with van der Waals surface area (Å²) in [5, 5.41) is 0. The van der Waals surface area contributed by atoms with E-state index in [9.17, 15) is 9.59 Å². The van der Waals surface area contributed by atoms with Gasteiger partial charge in [0.15, 0.2) is 0 Å². The summed E-state index contributed by atoms with van der Waals surface area (Å²) >= 11 is 0. The molecule has 0 spiro atoms. The number of carbonyl (C=O) groups excluding carboxylic acids is 1. The lowest BCUT2D eigenvalue weighted by Gasteiger charge is -2.40. The molecule has 1 atom stereocenters. The smallest absolute Gasteiger partial charge is 0.254 e. The number of aromatic nitrogens is 1. The zero-order valence-corrected chi connectivity index (χ0v) is 12.0. The number of pyridine rings is 1. The third kappa shape index (κ3) is 3.06. The van der Waals surface area contributed by atoms with Gasteiger partial charge < -0.3 is 9.88 Å². The molecule has 0 saturated carbocycles. The summed E-state index contributed by atoms with van der Waals surface area (Å²) in [5.41, 5.74) is 1.23. The van der Waals surface area contributed by atoms with Gasteiger partial charge in [-0.05, 0) is 37.7 Å². The van der Waals surface area contributed by atoms with E-state index >= 15 is 0 Å². The number of hydrogen-bond acceptors (Lipinski definition) is 2. The summed E-state index contributed by atoms with van der Waals surface area (Å²) in [6, 6.07) is 3.15. The number of aryl methyl sites for hydroxylation is 1. The van der Waals surface area contributed by atoms with Gasteiger partial charge in [0, 0.05) is 30.4 Å². The molecule has 0 aliphatic carbocycles. The van der Waals surface area contributed by atoms with Gasteiger partial charge in [0.25, 0.3) is 5.91 Å². The molecule has 2 rings (SSSR count). The van der Waals surface area contributed by atoms with E-state index in [-0.39, 0.29) is 16.9 Å². The fraction of sp³-hybridized carbons (Fsp3) is 0.600. The molecule has 1 aromatic rings. The van der Waals surface area contributed by atoms with E-state index in [1.54, 1.807) is 13.0 Å². The van der Waals surface area contributed by atoms with Crippen LogP contribution in [-0.2, 0) is 0 Å². The van der Waals surface area contributed by atoms with Gasteiger partial charge >= 0.3 is 0 Å². The number of likely N-dealkylation sites (tertiary alicyclic amines) is 1. The second-order valence-electron chi connectivity index (χ2n) is 5.91. The van der Waals surface area contributed by atoms with Crippen molar-refractivity contribution in [2.75, 3.05) is 13.1 Å². The van der Waals surface area contributed by atoms with Crippen molar-refractivity contribution in [2.45, 2.75) is 40.0 Å². The predicted octanol–water partition coefficient (Wildman–Crippen LogP) is 2.34. The van der Waals surface area contributed by atoms with Gasteiger partial charge in [-0.1, -0.05) is 13.8 Å². The second kappa shape index (κ2) is 5.19. The number of amides is 1. The van der Waals surface area contributed by atoms with Crippen LogP contribution in [0.15, 0.2) is 16.9 Å². The summed E-state index contributed by atoms with van der Waals surface area (Å²) in [6.07, 6.45) is 3.28. The normalized spacial score (nSPS) is 23.4. The molecule has 1 aromatic heterocycles. The van der Waals surface area contributed by atoms with E-state index in [1.165, 1.54) is 12.5 Å². The monoisotopic (exact) mass is 262 g/mol. The Bertz CT molecular complexity index is 535. The van der Waals surface area contributed by atoms with Gasteiger partial charge in [-0.2, -0.15) is 0 Å². The third-order valence-corrected chi connectivity index (χ3v) is 4.15. The van der Waals surface area contributed by atoms with Crippen molar-refractivity contribution >= 4 is 5.91 Å². The minimum atomic E-state index is -0.210. The fourth-order valence-electron chi connectivity index (χ4n) is 2.77. The van der Waals surface area contributed by atoms with Crippen LogP contribution >= 0.6 is 0 Å². The highest BCUT2D eigenvalue weighted by Crippen LogP contribution is 2.32. The SMILES string of the molecule is CC[C@@]1(C)CCCN(C(=O)c2cc(C)[nH]c(=O)c2)C1. The maximum atomic E-state index is 12.5. The average molecular weight is 262 g/mol. The average Bonchev–Trinajstić information content (AvgIpc) is 2.37. The molecule has 104 valence electrons. The number of hydrogen-bond donors (Lipinski definition) is 1. The Morgan fingerprint density at radius 3 is 2.84 bits per heavy atom. The Morgan fingerprint density at radius 2 is 2.21 bits per heavy atom. The van der Waals surface area contributed by atoms with Crippen molar-refractivity contribution in [1.29, 1.82) is 0 Å². The third-order valence-electron chi connectivity index (χ3n) is 4.15. The topological polar surface area (TPSA) is 53.2 Å². The molecular formula is C15H22N2O2. The number of nitrogens with one attached hydrogen (secondary N) is 1. The number of H-pyrrole nitrogens is 1. The summed E-state index contributed by atoms with van der Waals surface area (Å²) in [7, 11) is 0. The summed E-state index contributed by atoms with van der Waals surface area (Å²) in [5.74, 6) is -0.0198. The highest BCUT2D eigenvalue weighted by molar-refractivity contribution is 5.94. The van der Waals surface area contributed by atoms with E-state index in [0.29, 0.717) is 5.56 Å². The molecule has 1 aliphatic rings. The molecule has 0 bridgehead atoms. The number of aromatic amines is 1. The standard InChI is InChI=1S/C15H22N2O2/c1-4-15(3)6-5-7-17(10-15)14(19)12-8-11(2)16-13(18)9-12/h8-9H,4-7,10H2,1-3H3,(H,16,18)/t15-/m0/s1. The Hall–Kier alpha value is -1.58. The van der Waals surface area contributed by atoms with Crippen LogP contribution in [0.4, 0.5) is 0 Å². The fourth-order valence-corrected chi connectivity index (χ4v) is 2.77. The van der Waals surface area contributed by atoms with Crippen LogP contribution in [0.1, 0.15) is 49.2 Å². The van der Waals surface area contributed by atoms with Crippen LogP contribution in [0, 0.1) is 12.3 Å². The highest BCUT2D eigenvalue weighted by Gasteiger charge is 2.32. The molecule has 1 aliphatic heterocycles. The van der Waals surface area contributed by atoms with Gasteiger partial charge in [-0.3, -0.25) is 9.59 Å². The summed E-state index contributed by atoms with van der Waals surface area (Å²) in [4.78, 5) is 28.5. The van der Waals surface area contributed by atoms with Crippen molar-refractivity contribution < 1.29 is 4.79 Å². The molecular weight excluding hydrogens is 240 g/mol. The van der Waals surface area contributed by atoms with E-state index in [1.807, 2.05) is 4.90 Å². The molecule has 0 unspecified atom stereocenters. The van der Waals surface area contributed by atoms with Crippen molar-refractivity contribution in [2.24, 2.45) is 5.41 Å². The second-order valence-corrected chi connectivity index (χ2v) is 5.91. The van der Waals surface area contributed by atoms with Crippen LogP contribution in [0.25, 0.3) is 0 Å². The minimum Gasteiger partial charge on any atom is -0.338 e. The van der Waals surface area contributed by atoms with E-state index in [4.69, 9.17) is 0 Å². The largest absolute Gasteiger partial charge is 0.338 e. The van der Waals surface area contributed by atoms with Crippen LogP contribution in [-0.4, -0.2) is 28.9 Å². The lowest BCUT2D eigenvalue weighted by atomic mass is 9.79. The van der Waals surface area contributed by atoms with Gasteiger partial charge in [0.2, 0.25) is 5.56 Å². The Morgan fingerprint density at radius 1 is 1.47 bits per heavy atom. The molecule has 1 fully saturated rings. The van der Waals surface area contributed by atoms with Crippen molar-refractivity contribution in [3.63, 3.8) is 0 Å². The zero-order valence-electron chi connectivity index (χ0n) is 12.0. The van der Waals surface area contributed by atoms with Crippen molar-refractivity contribution in [1.82, 2.24) is 9.88 Å². The van der Waals surface area contributed by atoms with Crippen LogP contribution < -0.4 is 5.56 Å². The molecule has 1 N–H and O–H groups in total. The molecule has 1 saturated heterocycles. The number of rotatable bonds is 2. The van der Waals surface area contributed by atoms with Crippen LogP contribution in [0.5, 0.6) is 0 Å². The zero-order chi connectivity index (χ0) is 14.0. The van der Waals surface area contributed by atoms with Gasteiger partial charge in [0.1, 0.15) is 0 Å². The Kier molecular flexibility index (Phi) is 3.78. The quantitative estimate of drug-likeness (QED) is 0.889. The summed E-state index contributed by atoms with van der Waals surface area (Å²) in [6.45, 7) is 7.78. The first-order chi connectivity index (χ1) is 8.93. The lowest BCUT2D eigenvalue weighted by Crippen LogP contribution is -2.44. The maximum absolute atomic E-state index is 12.5. The van der Waals surface area contributed by atoms with E-state index < -0.39 is 0 Å². The molecule has 19 heavy (non-hydrogen) atoms. The molecule has 2 heterocycles. The van der Waals surface area contributed by atoms with Crippen molar-refractivity contribution in [3.8, 4) is 0 Å². The van der Waals surface area contributed by atoms with Crippen LogP contribution in [0.2, 0.25) is 0 Å². The van der Waals surface area contributed by atoms with Gasteiger partial charge in [-0.15, -0.1) is 0 Å². The molecule has 0 aromatic carbocycles. The highest BCUT2D eigenvalue weighted by atomic mass is 16.2. The van der Waals surface area contributed by atoms with Gasteiger partial charge in [-0.25, -0.2) is 0 Å². The number of piperidine rings is 1. The molecule has 0 radical (unpaired) electrons. The molecule has 1 amide bonds. The van der Waals surface area contributed by atoms with E-state index in [0.717, 1.165) is 31.6 Å². The van der Waals surface area contributed by atoms with Gasteiger partial charge in [0.05, 0.1) is 0 Å². The molecule has 4 heteroatoms. The maximum Gasteiger partial charge on any atom is 0.254 e. The Balaban J connectivity index is 2.21. The first kappa shape index (κ1) is 13.8. The van der Waals surface area contributed by atoms with E-state index in [2.05, 4.69) is 18.8 Å². The summed E-state index contributed by atoms with van der Waals surface area (Å²) < 4.78 is 0. The Labute approximate surface area is 113 Å². The van der Waals surface area contributed by atoms with Crippen molar-refractivity contribution in [3.05, 3.63) is 33.7 Å². The first-order valence-corrected chi connectivity index (χ1v) is 6.94. The predicted molar refractivity (Wildman–Crippen MR) is 75.3 cm³/mol. The molecule has 4 nitrogen and oxygen atoms in total. The minimum absolute atomic E-state index is 0.0198. The first-order valence-electron chi connectivity index (χ1n) is 6.94. The lowest BCUT2D eigenvalue weighted by molar-refractivity contribution is 0.0542. The number of nitrogens with zero attached hydrogens (tertiary/aromatic N) is 1. The van der Waals surface area contributed by atoms with Crippen LogP contribution in [0.3, 0.4) is 0 Å². The number of carbonyl (C=O) groups is 1.